The number of benzene rings is 4. The van der Waals surface area contributed by atoms with Gasteiger partial charge in [0.1, 0.15) is 0 Å². The van der Waals surface area contributed by atoms with Crippen LogP contribution in [0.15, 0.2) is 121 Å². The molecule has 72 heavy (non-hydrogen) atoms. The maximum Gasteiger partial charge on any atom is 0.0896 e. The van der Waals surface area contributed by atoms with Gasteiger partial charge < -0.3 is 41.3 Å². The van der Waals surface area contributed by atoms with Gasteiger partial charge in [0.25, 0.3) is 0 Å². The van der Waals surface area contributed by atoms with Crippen LogP contribution in [0.5, 0.6) is 0 Å². The van der Waals surface area contributed by atoms with E-state index in [1.165, 1.54) is 116 Å². The fourth-order valence-electron chi connectivity index (χ4n) is 12.0. The van der Waals surface area contributed by atoms with Crippen molar-refractivity contribution in [1.82, 2.24) is 10.6 Å². The molecule has 0 amide bonds. The van der Waals surface area contributed by atoms with Gasteiger partial charge in [0.2, 0.25) is 0 Å². The number of hydrogen-bond acceptors (Lipinski definition) is 8. The van der Waals surface area contributed by atoms with Gasteiger partial charge in [-0.25, -0.2) is 0 Å². The van der Waals surface area contributed by atoms with Crippen LogP contribution in [0, 0.1) is 23.7 Å². The molecule has 8 nitrogen and oxygen atoms in total. The van der Waals surface area contributed by atoms with Crippen LogP contribution in [0.1, 0.15) is 203 Å². The first-order valence-electron chi connectivity index (χ1n) is 28.7. The fourth-order valence-corrected chi connectivity index (χ4v) is 12.0. The number of rotatable bonds is 12. The Bertz CT molecular complexity index is 1790. The lowest BCUT2D eigenvalue weighted by Crippen LogP contribution is -2.33. The molecule has 4 saturated carbocycles. The average molecular weight is 991 g/mol. The Morgan fingerprint density at radius 3 is 0.944 bits per heavy atom. The monoisotopic (exact) mass is 991 g/mol. The predicted octanol–water partition coefficient (Wildman–Crippen LogP) is 13.0. The smallest absolute Gasteiger partial charge is 0.0896 e. The number of aliphatic hydroxyl groups is 6. The standard InChI is InChI=1S/2C13H18O.2C12H16O.2C7H15NO/c2*1-13(14,12-9-5-6-10-12)11-7-3-2-4-8-11;2*13-12(11-8-4-5-9-11)10-6-2-1-3-7-10;2*1-2-7(9)6-4-3-5-8-6/h2*2-4,7-8,12,14H,5-6,9-10H2,1H3;2*1-3,6-7,11-13H,4-5,8-9H2;2*6-9H,2-5H2,1H3/t2*13-;2*12-;6-,7?;6-,7+/m101001/s1. The molecule has 8 atom stereocenters. The van der Waals surface area contributed by atoms with E-state index in [9.17, 15) is 30.6 Å². The molecule has 4 aromatic rings. The first kappa shape index (κ1) is 59.4. The van der Waals surface area contributed by atoms with Gasteiger partial charge in [-0.05, 0) is 163 Å². The summed E-state index contributed by atoms with van der Waals surface area (Å²) in [5.41, 5.74) is 3.03. The van der Waals surface area contributed by atoms with Crippen molar-refractivity contribution in [2.45, 2.75) is 217 Å². The quantitative estimate of drug-likeness (QED) is 0.0701. The lowest BCUT2D eigenvalue weighted by atomic mass is 9.82. The summed E-state index contributed by atoms with van der Waals surface area (Å²) in [6.07, 6.45) is 25.5. The Morgan fingerprint density at radius 1 is 0.403 bits per heavy atom. The van der Waals surface area contributed by atoms with Crippen molar-refractivity contribution >= 4 is 0 Å². The highest BCUT2D eigenvalue weighted by molar-refractivity contribution is 5.24. The van der Waals surface area contributed by atoms with Gasteiger partial charge in [-0.3, -0.25) is 0 Å². The third kappa shape index (κ3) is 19.0. The molecule has 2 saturated heterocycles. The van der Waals surface area contributed by atoms with Crippen molar-refractivity contribution in [2.24, 2.45) is 23.7 Å². The molecule has 6 aliphatic rings. The highest BCUT2D eigenvalue weighted by atomic mass is 16.3. The lowest BCUT2D eigenvalue weighted by molar-refractivity contribution is -0.00363. The normalized spacial score (nSPS) is 23.6. The minimum atomic E-state index is -0.627. The first-order chi connectivity index (χ1) is 34.9. The number of nitrogens with one attached hydrogen (secondary N) is 2. The summed E-state index contributed by atoms with van der Waals surface area (Å²) in [6.45, 7) is 10.1. The summed E-state index contributed by atoms with van der Waals surface area (Å²) >= 11 is 0. The molecule has 1 unspecified atom stereocenters. The summed E-state index contributed by atoms with van der Waals surface area (Å²) in [6, 6.07) is 40.9. The van der Waals surface area contributed by atoms with Crippen LogP contribution in [0.25, 0.3) is 0 Å². The second-order valence-electron chi connectivity index (χ2n) is 22.1. The Balaban J connectivity index is 0.000000162. The van der Waals surface area contributed by atoms with Crippen LogP contribution in [-0.2, 0) is 11.2 Å². The van der Waals surface area contributed by atoms with Crippen molar-refractivity contribution in [2.75, 3.05) is 13.1 Å². The largest absolute Gasteiger partial charge is 0.392 e. The topological polar surface area (TPSA) is 145 Å². The van der Waals surface area contributed by atoms with E-state index < -0.39 is 11.2 Å². The summed E-state index contributed by atoms with van der Waals surface area (Å²) in [5.74, 6) is 1.90. The molecular weight excluding hydrogens is 893 g/mol. The van der Waals surface area contributed by atoms with Crippen molar-refractivity contribution in [3.8, 4) is 0 Å². The van der Waals surface area contributed by atoms with Crippen LogP contribution in [0.3, 0.4) is 0 Å². The Kier molecular flexibility index (Phi) is 26.5. The third-order valence-corrected chi connectivity index (χ3v) is 17.0. The molecule has 2 heterocycles. The van der Waals surface area contributed by atoms with Gasteiger partial charge in [0.05, 0.1) is 35.6 Å². The van der Waals surface area contributed by atoms with E-state index in [-0.39, 0.29) is 24.4 Å². The van der Waals surface area contributed by atoms with E-state index in [0.29, 0.717) is 35.8 Å². The molecule has 0 aromatic heterocycles. The van der Waals surface area contributed by atoms with Crippen LogP contribution in [0.4, 0.5) is 0 Å². The van der Waals surface area contributed by atoms with Gasteiger partial charge in [0.15, 0.2) is 0 Å². The van der Waals surface area contributed by atoms with Crippen molar-refractivity contribution in [1.29, 1.82) is 0 Å². The maximum atomic E-state index is 10.5. The van der Waals surface area contributed by atoms with Crippen molar-refractivity contribution < 1.29 is 30.6 Å². The van der Waals surface area contributed by atoms with E-state index in [0.717, 1.165) is 61.0 Å². The zero-order valence-corrected chi connectivity index (χ0v) is 45.0. The minimum absolute atomic E-state index is 0.118. The Labute approximate surface area is 436 Å². The summed E-state index contributed by atoms with van der Waals surface area (Å²) in [5, 5.41) is 66.1. The molecule has 6 fully saturated rings. The summed E-state index contributed by atoms with van der Waals surface area (Å²) < 4.78 is 0. The van der Waals surface area contributed by atoms with E-state index in [2.05, 4.69) is 10.6 Å². The van der Waals surface area contributed by atoms with E-state index in [1.807, 2.05) is 149 Å². The molecule has 8 heteroatoms. The van der Waals surface area contributed by atoms with Crippen LogP contribution >= 0.6 is 0 Å². The predicted molar refractivity (Wildman–Crippen MR) is 297 cm³/mol. The van der Waals surface area contributed by atoms with Gasteiger partial charge >= 0.3 is 0 Å². The van der Waals surface area contributed by atoms with Crippen LogP contribution in [0.2, 0.25) is 0 Å². The van der Waals surface area contributed by atoms with E-state index >= 15 is 0 Å². The molecule has 0 radical (unpaired) electrons. The highest BCUT2D eigenvalue weighted by Crippen LogP contribution is 2.41. The zero-order chi connectivity index (χ0) is 51.6. The van der Waals surface area contributed by atoms with E-state index in [1.54, 1.807) is 0 Å². The van der Waals surface area contributed by atoms with Crippen LogP contribution < -0.4 is 10.6 Å². The highest BCUT2D eigenvalue weighted by Gasteiger charge is 2.36. The third-order valence-electron chi connectivity index (χ3n) is 17.0. The molecule has 10 rings (SSSR count). The van der Waals surface area contributed by atoms with Gasteiger partial charge in [0, 0.05) is 12.1 Å². The number of hydrogen-bond donors (Lipinski definition) is 8. The maximum absolute atomic E-state index is 10.5. The van der Waals surface area contributed by atoms with Gasteiger partial charge in [-0.1, -0.05) is 187 Å². The minimum Gasteiger partial charge on any atom is -0.392 e. The summed E-state index contributed by atoms with van der Waals surface area (Å²) in [7, 11) is 0. The molecule has 400 valence electrons. The average Bonchev–Trinajstić information content (AvgIpc) is 4.29. The summed E-state index contributed by atoms with van der Waals surface area (Å²) in [4.78, 5) is 0. The van der Waals surface area contributed by atoms with Crippen molar-refractivity contribution in [3.63, 3.8) is 0 Å². The first-order valence-corrected chi connectivity index (χ1v) is 28.7. The molecule has 0 spiro atoms. The van der Waals surface area contributed by atoms with Gasteiger partial charge in [-0.2, -0.15) is 0 Å². The molecule has 4 aliphatic carbocycles. The number of aliphatic hydroxyl groups excluding tert-OH is 4. The van der Waals surface area contributed by atoms with Gasteiger partial charge in [-0.15, -0.1) is 0 Å². The molecule has 2 aliphatic heterocycles. The lowest BCUT2D eigenvalue weighted by Gasteiger charge is -2.30. The molecule has 0 bridgehead atoms. The molecule has 4 aromatic carbocycles. The molecular formula is C64H98N2O6. The van der Waals surface area contributed by atoms with Crippen molar-refractivity contribution in [3.05, 3.63) is 144 Å². The Morgan fingerprint density at radius 2 is 0.681 bits per heavy atom. The fraction of sp³-hybridized carbons (Fsp3) is 0.625. The SMILES string of the molecule is CCC(O)[C@@H]1CCCN1.CC[C@H](O)[C@H]1CCCN1.C[C@@](O)(c1ccccc1)C1CCCC1.C[C@](O)(c1ccccc1)C1CCCC1.O[C@@H](c1ccccc1)C1CCCC1.O[C@H](c1ccccc1)C1CCCC1. The van der Waals surface area contributed by atoms with Crippen LogP contribution in [-0.4, -0.2) is 68.0 Å². The second-order valence-corrected chi connectivity index (χ2v) is 22.1. The Hall–Kier alpha value is -3.44. The van der Waals surface area contributed by atoms with E-state index in [4.69, 9.17) is 0 Å². The molecule has 8 N–H and O–H groups in total. The second kappa shape index (κ2) is 32.1. The zero-order valence-electron chi connectivity index (χ0n) is 45.0.